The van der Waals surface area contributed by atoms with Gasteiger partial charge in [-0.05, 0) is 77.0 Å². The molecule has 2 heterocycles. The largest absolute Gasteiger partial charge is 0.394 e. The highest BCUT2D eigenvalue weighted by Gasteiger charge is 2.51. The summed E-state index contributed by atoms with van der Waals surface area (Å²) >= 11 is 0. The van der Waals surface area contributed by atoms with E-state index in [0.717, 1.165) is 51.4 Å². The number of aliphatic hydroxyl groups excluding tert-OH is 8. The molecule has 1 amide bonds. The topological polar surface area (TPSA) is 228 Å². The van der Waals surface area contributed by atoms with Crippen LogP contribution >= 0.6 is 0 Å². The molecule has 2 saturated heterocycles. The molecular weight excluding hydrogens is 1130 g/mol. The van der Waals surface area contributed by atoms with Crippen molar-refractivity contribution in [1.29, 1.82) is 0 Å². The van der Waals surface area contributed by atoms with Crippen molar-refractivity contribution < 1.29 is 64.6 Å². The van der Waals surface area contributed by atoms with Crippen LogP contribution in [0.1, 0.15) is 322 Å². The van der Waals surface area contributed by atoms with E-state index in [9.17, 15) is 45.6 Å². The summed E-state index contributed by atoms with van der Waals surface area (Å²) in [4.78, 5) is 13.3. The molecule has 0 saturated carbocycles. The van der Waals surface area contributed by atoms with Gasteiger partial charge in [0.2, 0.25) is 5.91 Å². The highest BCUT2D eigenvalue weighted by molar-refractivity contribution is 5.76. The molecule has 2 aliphatic rings. The molecule has 0 aromatic rings. The van der Waals surface area contributed by atoms with Gasteiger partial charge < -0.3 is 65.1 Å². The summed E-state index contributed by atoms with van der Waals surface area (Å²) in [5.74, 6) is -0.252. The molecule has 12 unspecified atom stereocenters. The van der Waals surface area contributed by atoms with Gasteiger partial charge in [-0.2, -0.15) is 0 Å². The van der Waals surface area contributed by atoms with Gasteiger partial charge in [0.15, 0.2) is 12.6 Å². The van der Waals surface area contributed by atoms with Crippen LogP contribution < -0.4 is 5.32 Å². The molecule has 526 valence electrons. The standard InChI is InChI=1S/C76H139NO13/c1-3-5-7-9-11-13-15-17-19-21-23-25-27-29-30-31-32-33-34-36-37-39-41-43-45-47-49-51-53-55-57-59-65(80)64(63-87-75-73(86)71(84)74(67(62-79)89-75)90-76-72(85)70(83)69(82)66(61-78)88-76)77-68(81)60-58-56-54-52-50-48-46-44-42-40-38-35-28-26-24-22-20-18-16-14-12-10-8-6-4-2/h16,18,22,24,41,43,49,51,57,59,64-67,69-76,78-80,82-86H,3-15,17,19-21,23,25-40,42,44-48,50,52-56,58,60-63H2,1-2H3,(H,77,81)/b18-16-,24-22-,43-41+,51-49+,59-57+. The fourth-order valence-electron chi connectivity index (χ4n) is 12.2. The Kier molecular flexibility index (Phi) is 56.2. The molecule has 2 rings (SSSR count). The Bertz CT molecular complexity index is 1740. The van der Waals surface area contributed by atoms with E-state index < -0.39 is 86.8 Å². The molecule has 14 nitrogen and oxygen atoms in total. The molecule has 0 spiro atoms. The Hall–Kier alpha value is -2.31. The lowest BCUT2D eigenvalue weighted by Gasteiger charge is -2.46. The summed E-state index contributed by atoms with van der Waals surface area (Å²) in [6.07, 6.45) is 64.3. The van der Waals surface area contributed by atoms with Gasteiger partial charge >= 0.3 is 0 Å². The monoisotopic (exact) mass is 1270 g/mol. The van der Waals surface area contributed by atoms with Crippen LogP contribution in [-0.4, -0.2) is 140 Å². The molecule has 0 radical (unpaired) electrons. The summed E-state index contributed by atoms with van der Waals surface area (Å²) in [5.41, 5.74) is 0. The van der Waals surface area contributed by atoms with Gasteiger partial charge in [0.05, 0.1) is 32.0 Å². The minimum atomic E-state index is -1.80. The first-order valence-electron chi connectivity index (χ1n) is 37.5. The summed E-state index contributed by atoms with van der Waals surface area (Å²) in [5, 5.41) is 87.5. The van der Waals surface area contributed by atoms with E-state index in [1.165, 1.54) is 238 Å². The van der Waals surface area contributed by atoms with Crippen LogP contribution in [0.3, 0.4) is 0 Å². The van der Waals surface area contributed by atoms with Gasteiger partial charge in [-0.15, -0.1) is 0 Å². The molecule has 0 bridgehead atoms. The molecule has 2 fully saturated rings. The van der Waals surface area contributed by atoms with Gasteiger partial charge in [0.25, 0.3) is 0 Å². The van der Waals surface area contributed by atoms with Crippen molar-refractivity contribution in [1.82, 2.24) is 5.32 Å². The predicted molar refractivity (Wildman–Crippen MR) is 369 cm³/mol. The van der Waals surface area contributed by atoms with E-state index >= 15 is 0 Å². The minimum absolute atomic E-state index is 0.252. The highest BCUT2D eigenvalue weighted by atomic mass is 16.7. The molecular formula is C76H139NO13. The quantitative estimate of drug-likeness (QED) is 0.0204. The van der Waals surface area contributed by atoms with Crippen molar-refractivity contribution in [3.63, 3.8) is 0 Å². The highest BCUT2D eigenvalue weighted by Crippen LogP contribution is 2.30. The van der Waals surface area contributed by atoms with Gasteiger partial charge in [0, 0.05) is 6.42 Å². The maximum absolute atomic E-state index is 13.3. The van der Waals surface area contributed by atoms with Gasteiger partial charge in [0.1, 0.15) is 48.8 Å². The molecule has 0 aliphatic carbocycles. The Balaban J connectivity index is 1.68. The van der Waals surface area contributed by atoms with Crippen molar-refractivity contribution in [2.45, 2.75) is 396 Å². The van der Waals surface area contributed by atoms with Crippen LogP contribution in [0.4, 0.5) is 0 Å². The van der Waals surface area contributed by atoms with Crippen LogP contribution in [0.2, 0.25) is 0 Å². The normalized spacial score (nSPS) is 23.2. The van der Waals surface area contributed by atoms with Crippen LogP contribution in [0.5, 0.6) is 0 Å². The number of hydrogen-bond donors (Lipinski definition) is 9. The first-order valence-corrected chi connectivity index (χ1v) is 37.5. The van der Waals surface area contributed by atoms with Crippen LogP contribution in [0.25, 0.3) is 0 Å². The van der Waals surface area contributed by atoms with Crippen molar-refractivity contribution in [2.24, 2.45) is 0 Å². The van der Waals surface area contributed by atoms with Crippen LogP contribution in [0.15, 0.2) is 60.8 Å². The first-order chi connectivity index (χ1) is 44.1. The van der Waals surface area contributed by atoms with E-state index in [-0.39, 0.29) is 18.9 Å². The van der Waals surface area contributed by atoms with E-state index in [4.69, 9.17) is 18.9 Å². The van der Waals surface area contributed by atoms with E-state index in [0.29, 0.717) is 12.8 Å². The van der Waals surface area contributed by atoms with Gasteiger partial charge in [-0.3, -0.25) is 4.79 Å². The second-order valence-electron chi connectivity index (χ2n) is 26.4. The van der Waals surface area contributed by atoms with Gasteiger partial charge in [-0.1, -0.05) is 299 Å². The Morgan fingerprint density at radius 2 is 0.744 bits per heavy atom. The summed E-state index contributed by atoms with van der Waals surface area (Å²) < 4.78 is 22.9. The zero-order valence-corrected chi connectivity index (χ0v) is 57.4. The lowest BCUT2D eigenvalue weighted by atomic mass is 9.97. The molecule has 12 atom stereocenters. The maximum atomic E-state index is 13.3. The molecule has 0 aromatic carbocycles. The summed E-state index contributed by atoms with van der Waals surface area (Å²) in [6, 6.07) is -0.942. The second kappa shape index (κ2) is 60.4. The number of carbonyl (C=O) groups is 1. The third-order valence-corrected chi connectivity index (χ3v) is 18.2. The SMILES string of the molecule is CCCCCCC/C=C\C/C=C\CCCCCCCCCCCCCCCC(=O)NC(COC1OC(CO)C(OC2OC(CO)C(O)C(O)C2O)C(O)C1O)C(O)/C=C/CC/C=C/CC/C=C/CCCCCCCCCCCCCCCCCCCCCCC. The van der Waals surface area contributed by atoms with E-state index in [2.05, 4.69) is 67.8 Å². The fourth-order valence-corrected chi connectivity index (χ4v) is 12.2. The Labute approximate surface area is 549 Å². The lowest BCUT2D eigenvalue weighted by Crippen LogP contribution is -2.65. The fraction of sp³-hybridized carbons (Fsp3) is 0.855. The third kappa shape index (κ3) is 43.6. The number of unbranched alkanes of at least 4 members (excludes halogenated alkanes) is 41. The number of hydrogen-bond acceptors (Lipinski definition) is 13. The van der Waals surface area contributed by atoms with Crippen LogP contribution in [-0.2, 0) is 23.7 Å². The van der Waals surface area contributed by atoms with Crippen molar-refractivity contribution in [3.8, 4) is 0 Å². The summed E-state index contributed by atoms with van der Waals surface area (Å²) in [6.45, 7) is 2.81. The Morgan fingerprint density at radius 1 is 0.400 bits per heavy atom. The molecule has 9 N–H and O–H groups in total. The van der Waals surface area contributed by atoms with Crippen molar-refractivity contribution in [3.05, 3.63) is 60.8 Å². The number of rotatable bonds is 62. The molecule has 0 aromatic heterocycles. The minimum Gasteiger partial charge on any atom is -0.394 e. The van der Waals surface area contributed by atoms with E-state index in [1.54, 1.807) is 6.08 Å². The number of carbonyl (C=O) groups excluding carboxylic acids is 1. The zero-order valence-electron chi connectivity index (χ0n) is 57.4. The zero-order chi connectivity index (χ0) is 65.2. The third-order valence-electron chi connectivity index (χ3n) is 18.2. The number of ether oxygens (including phenoxy) is 4. The molecule has 2 aliphatic heterocycles. The van der Waals surface area contributed by atoms with Gasteiger partial charge in [-0.25, -0.2) is 0 Å². The smallest absolute Gasteiger partial charge is 0.220 e. The molecule has 14 heteroatoms. The Morgan fingerprint density at radius 3 is 1.16 bits per heavy atom. The van der Waals surface area contributed by atoms with Crippen molar-refractivity contribution >= 4 is 5.91 Å². The van der Waals surface area contributed by atoms with Crippen molar-refractivity contribution in [2.75, 3.05) is 19.8 Å². The van der Waals surface area contributed by atoms with Crippen LogP contribution in [0, 0.1) is 0 Å². The second-order valence-corrected chi connectivity index (χ2v) is 26.4. The first kappa shape index (κ1) is 83.8. The molecule has 90 heavy (non-hydrogen) atoms. The lowest BCUT2D eigenvalue weighted by molar-refractivity contribution is -0.359. The van der Waals surface area contributed by atoms with E-state index in [1.807, 2.05) is 6.08 Å². The predicted octanol–water partition coefficient (Wildman–Crippen LogP) is 16.0. The average molecular weight is 1270 g/mol. The average Bonchev–Trinajstić information content (AvgIpc) is 1.41. The number of aliphatic hydroxyl groups is 8. The number of amides is 1. The maximum Gasteiger partial charge on any atom is 0.220 e. The number of allylic oxidation sites excluding steroid dienone is 9. The summed E-state index contributed by atoms with van der Waals surface area (Å²) in [7, 11) is 0. The number of nitrogens with one attached hydrogen (secondary N) is 1.